The van der Waals surface area contributed by atoms with Crippen molar-refractivity contribution in [3.8, 4) is 5.75 Å². The Hall–Kier alpha value is -3.62. The Labute approximate surface area is 180 Å². The molecule has 1 atom stereocenters. The molecule has 0 spiro atoms. The number of ether oxygens (including phenoxy) is 1. The number of carbonyl (C=O) groups is 4. The lowest BCUT2D eigenvalue weighted by Gasteiger charge is -2.29. The molecule has 1 aromatic carbocycles. The van der Waals surface area contributed by atoms with Crippen LogP contribution in [-0.2, 0) is 16.1 Å². The molecule has 2 aliphatic heterocycles. The van der Waals surface area contributed by atoms with Gasteiger partial charge < -0.3 is 19.9 Å². The van der Waals surface area contributed by atoms with Gasteiger partial charge in [0.1, 0.15) is 17.5 Å². The van der Waals surface area contributed by atoms with Crippen molar-refractivity contribution in [3.05, 3.63) is 46.8 Å². The predicted octanol–water partition coefficient (Wildman–Crippen LogP) is 2.37. The summed E-state index contributed by atoms with van der Waals surface area (Å²) in [5, 5.41) is 5.09. The normalized spacial score (nSPS) is 17.5. The molecule has 1 aromatic heterocycles. The summed E-state index contributed by atoms with van der Waals surface area (Å²) in [5.41, 5.74) is 2.84. The number of piperidine rings is 1. The topological polar surface area (TPSA) is 121 Å². The maximum Gasteiger partial charge on any atom is 0.272 e. The minimum absolute atomic E-state index is 0.205. The SMILES string of the molecule is CC.COc1c[nH]c(C(=O)Nc2ccc3c(c2)CN(C2CCC(=O)NC2=O)C3=O)c1C. The average Bonchev–Trinajstić information content (AvgIpc) is 3.29. The monoisotopic (exact) mass is 426 g/mol. The fourth-order valence-electron chi connectivity index (χ4n) is 3.77. The van der Waals surface area contributed by atoms with Gasteiger partial charge in [-0.15, -0.1) is 0 Å². The third kappa shape index (κ3) is 4.16. The van der Waals surface area contributed by atoms with Crippen LogP contribution in [0.2, 0.25) is 0 Å². The number of nitrogens with zero attached hydrogens (tertiary/aromatic N) is 1. The van der Waals surface area contributed by atoms with E-state index in [-0.39, 0.29) is 30.7 Å². The molecule has 0 saturated carbocycles. The van der Waals surface area contributed by atoms with Gasteiger partial charge in [0.2, 0.25) is 11.8 Å². The molecular formula is C22H26N4O5. The summed E-state index contributed by atoms with van der Waals surface area (Å²) in [7, 11) is 1.53. The van der Waals surface area contributed by atoms with Crippen LogP contribution in [0.4, 0.5) is 5.69 Å². The number of aromatic amines is 1. The maximum atomic E-state index is 12.7. The molecule has 1 fully saturated rings. The Morgan fingerprint density at radius 3 is 2.61 bits per heavy atom. The fourth-order valence-corrected chi connectivity index (χ4v) is 3.77. The third-order valence-electron chi connectivity index (χ3n) is 5.32. The number of anilines is 1. The van der Waals surface area contributed by atoms with E-state index in [9.17, 15) is 19.2 Å². The van der Waals surface area contributed by atoms with Crippen molar-refractivity contribution < 1.29 is 23.9 Å². The van der Waals surface area contributed by atoms with Crippen LogP contribution in [0.25, 0.3) is 0 Å². The molecule has 3 N–H and O–H groups in total. The van der Waals surface area contributed by atoms with Crippen LogP contribution in [0.3, 0.4) is 0 Å². The van der Waals surface area contributed by atoms with Crippen molar-refractivity contribution in [1.82, 2.24) is 15.2 Å². The van der Waals surface area contributed by atoms with Crippen molar-refractivity contribution >= 4 is 29.3 Å². The van der Waals surface area contributed by atoms with Gasteiger partial charge in [0.25, 0.3) is 11.8 Å². The Bertz CT molecular complexity index is 1040. The number of methoxy groups -OCH3 is 1. The van der Waals surface area contributed by atoms with Gasteiger partial charge in [-0.3, -0.25) is 24.5 Å². The lowest BCUT2D eigenvalue weighted by Crippen LogP contribution is -2.52. The first-order chi connectivity index (χ1) is 14.9. The summed E-state index contributed by atoms with van der Waals surface area (Å²) in [6.07, 6.45) is 2.13. The minimum Gasteiger partial charge on any atom is -0.495 e. The zero-order valence-electron chi connectivity index (χ0n) is 18.0. The van der Waals surface area contributed by atoms with E-state index in [1.54, 1.807) is 31.3 Å². The van der Waals surface area contributed by atoms with Crippen LogP contribution in [0, 0.1) is 6.92 Å². The van der Waals surface area contributed by atoms with E-state index in [1.807, 2.05) is 13.8 Å². The molecule has 2 aliphatic rings. The number of aromatic nitrogens is 1. The van der Waals surface area contributed by atoms with Crippen molar-refractivity contribution in [2.45, 2.75) is 46.2 Å². The second kappa shape index (κ2) is 9.03. The summed E-state index contributed by atoms with van der Waals surface area (Å²) < 4.78 is 5.18. The molecule has 2 aromatic rings. The zero-order valence-corrected chi connectivity index (χ0v) is 18.0. The van der Waals surface area contributed by atoms with Gasteiger partial charge >= 0.3 is 0 Å². The smallest absolute Gasteiger partial charge is 0.272 e. The van der Waals surface area contributed by atoms with Gasteiger partial charge in [-0.25, -0.2) is 0 Å². The lowest BCUT2D eigenvalue weighted by molar-refractivity contribution is -0.136. The summed E-state index contributed by atoms with van der Waals surface area (Å²) in [5.74, 6) is -0.757. The summed E-state index contributed by atoms with van der Waals surface area (Å²) in [6.45, 7) is 6.03. The number of hydrogen-bond acceptors (Lipinski definition) is 5. The molecule has 1 unspecified atom stereocenters. The van der Waals surface area contributed by atoms with E-state index in [1.165, 1.54) is 12.0 Å². The number of rotatable bonds is 4. The van der Waals surface area contributed by atoms with Crippen molar-refractivity contribution in [2.75, 3.05) is 12.4 Å². The highest BCUT2D eigenvalue weighted by atomic mass is 16.5. The molecular weight excluding hydrogens is 400 g/mol. The van der Waals surface area contributed by atoms with E-state index in [0.29, 0.717) is 34.7 Å². The molecule has 0 bridgehead atoms. The quantitative estimate of drug-likeness (QED) is 0.648. The summed E-state index contributed by atoms with van der Waals surface area (Å²) >= 11 is 0. The first-order valence-electron chi connectivity index (χ1n) is 10.2. The molecule has 164 valence electrons. The van der Waals surface area contributed by atoms with Crippen LogP contribution in [0.5, 0.6) is 5.75 Å². The second-order valence-electron chi connectivity index (χ2n) is 7.08. The number of hydrogen-bond donors (Lipinski definition) is 3. The van der Waals surface area contributed by atoms with Gasteiger partial charge in [0.05, 0.1) is 7.11 Å². The first-order valence-corrected chi connectivity index (χ1v) is 10.2. The van der Waals surface area contributed by atoms with Crippen LogP contribution in [-0.4, -0.2) is 46.7 Å². The highest BCUT2D eigenvalue weighted by Gasteiger charge is 2.39. The molecule has 3 heterocycles. The average molecular weight is 426 g/mol. The fraction of sp³-hybridized carbons (Fsp3) is 0.364. The van der Waals surface area contributed by atoms with Crippen molar-refractivity contribution in [3.63, 3.8) is 0 Å². The second-order valence-corrected chi connectivity index (χ2v) is 7.08. The number of benzene rings is 1. The third-order valence-corrected chi connectivity index (χ3v) is 5.32. The van der Waals surface area contributed by atoms with Crippen LogP contribution in [0.1, 0.15) is 58.7 Å². The minimum atomic E-state index is -0.667. The highest BCUT2D eigenvalue weighted by molar-refractivity contribution is 6.07. The van der Waals surface area contributed by atoms with Gasteiger partial charge in [-0.2, -0.15) is 0 Å². The van der Waals surface area contributed by atoms with E-state index in [4.69, 9.17) is 4.74 Å². The van der Waals surface area contributed by atoms with E-state index in [0.717, 1.165) is 5.56 Å². The lowest BCUT2D eigenvalue weighted by atomic mass is 10.0. The zero-order chi connectivity index (χ0) is 22.7. The number of carbonyl (C=O) groups excluding carboxylic acids is 4. The number of amides is 4. The molecule has 0 aliphatic carbocycles. The summed E-state index contributed by atoms with van der Waals surface area (Å²) in [6, 6.07) is 4.35. The molecule has 4 rings (SSSR count). The van der Waals surface area contributed by atoms with Crippen molar-refractivity contribution in [2.24, 2.45) is 0 Å². The number of H-pyrrole nitrogens is 1. The maximum absolute atomic E-state index is 12.7. The predicted molar refractivity (Wildman–Crippen MR) is 114 cm³/mol. The van der Waals surface area contributed by atoms with Gasteiger partial charge in [-0.1, -0.05) is 13.8 Å². The van der Waals surface area contributed by atoms with Crippen LogP contribution >= 0.6 is 0 Å². The van der Waals surface area contributed by atoms with Gasteiger partial charge in [0.15, 0.2) is 0 Å². The molecule has 31 heavy (non-hydrogen) atoms. The molecule has 1 saturated heterocycles. The van der Waals surface area contributed by atoms with E-state index >= 15 is 0 Å². The van der Waals surface area contributed by atoms with Gasteiger partial charge in [-0.05, 0) is 37.1 Å². The van der Waals surface area contributed by atoms with E-state index in [2.05, 4.69) is 15.6 Å². The van der Waals surface area contributed by atoms with Crippen LogP contribution < -0.4 is 15.4 Å². The molecule has 9 heteroatoms. The standard InChI is InChI=1S/C20H20N4O5.C2H6/c1-10-15(29-2)8-21-17(10)19(27)22-12-3-4-13-11(7-12)9-24(20(13)28)14-5-6-16(25)23-18(14)26;1-2/h3-4,7-8,14,21H,5-6,9H2,1-2H3,(H,22,27)(H,23,25,26);1-2H3. The van der Waals surface area contributed by atoms with Crippen molar-refractivity contribution in [1.29, 1.82) is 0 Å². The summed E-state index contributed by atoms with van der Waals surface area (Å²) in [4.78, 5) is 53.1. The number of imide groups is 1. The number of nitrogens with one attached hydrogen (secondary N) is 3. The number of fused-ring (bicyclic) bond motifs is 1. The van der Waals surface area contributed by atoms with E-state index < -0.39 is 11.9 Å². The Morgan fingerprint density at radius 1 is 1.23 bits per heavy atom. The Morgan fingerprint density at radius 2 is 1.97 bits per heavy atom. The molecule has 9 nitrogen and oxygen atoms in total. The molecule has 0 radical (unpaired) electrons. The Kier molecular flexibility index (Phi) is 6.43. The largest absolute Gasteiger partial charge is 0.495 e. The molecule has 4 amide bonds. The highest BCUT2D eigenvalue weighted by Crippen LogP contribution is 2.30. The van der Waals surface area contributed by atoms with Gasteiger partial charge in [0, 0.05) is 36.0 Å². The first kappa shape index (κ1) is 22.1. The van der Waals surface area contributed by atoms with Crippen LogP contribution in [0.15, 0.2) is 24.4 Å². The Balaban J connectivity index is 0.00000132.